The molecule has 0 radical (unpaired) electrons. The summed E-state index contributed by atoms with van der Waals surface area (Å²) in [7, 11) is 5.45. The van der Waals surface area contributed by atoms with Crippen LogP contribution in [-0.2, 0) is 24.8 Å². The Balaban J connectivity index is 0.00000392. The Labute approximate surface area is 186 Å². The zero-order chi connectivity index (χ0) is 19.8. The molecule has 0 bridgehead atoms. The number of nitrogens with zero attached hydrogens (tertiary/aromatic N) is 5. The molecule has 1 aromatic rings. The lowest BCUT2D eigenvalue weighted by Crippen LogP contribution is -2.47. The van der Waals surface area contributed by atoms with Gasteiger partial charge in [0.1, 0.15) is 0 Å². The van der Waals surface area contributed by atoms with Gasteiger partial charge in [0.25, 0.3) is 0 Å². The summed E-state index contributed by atoms with van der Waals surface area (Å²) < 4.78 is 1.83. The monoisotopic (exact) mass is 505 g/mol. The highest BCUT2D eigenvalue weighted by atomic mass is 127. The van der Waals surface area contributed by atoms with E-state index < -0.39 is 0 Å². The second kappa shape index (κ2) is 12.3. The Kier molecular flexibility index (Phi) is 10.8. The molecule has 1 aromatic heterocycles. The fraction of sp³-hybridized carbons (Fsp3) is 0.737. The number of carbonyl (C=O) groups is 1. The third kappa shape index (κ3) is 7.23. The van der Waals surface area contributed by atoms with E-state index >= 15 is 0 Å². The van der Waals surface area contributed by atoms with Gasteiger partial charge in [-0.05, 0) is 32.4 Å². The van der Waals surface area contributed by atoms with Gasteiger partial charge in [0.05, 0.1) is 18.8 Å². The van der Waals surface area contributed by atoms with Crippen molar-refractivity contribution >= 4 is 35.8 Å². The van der Waals surface area contributed by atoms with E-state index in [2.05, 4.69) is 34.5 Å². The van der Waals surface area contributed by atoms with E-state index in [1.54, 1.807) is 19.0 Å². The number of hydrogen-bond acceptors (Lipinski definition) is 4. The summed E-state index contributed by atoms with van der Waals surface area (Å²) >= 11 is 0. The average molecular weight is 505 g/mol. The van der Waals surface area contributed by atoms with E-state index in [0.29, 0.717) is 18.5 Å². The number of nitrogens with one attached hydrogen (secondary N) is 2. The predicted octanol–water partition coefficient (Wildman–Crippen LogP) is 1.21. The molecule has 1 aliphatic rings. The van der Waals surface area contributed by atoms with Gasteiger partial charge in [0, 0.05) is 45.5 Å². The number of likely N-dealkylation sites (tertiary alicyclic amines) is 1. The van der Waals surface area contributed by atoms with Crippen LogP contribution in [0.1, 0.15) is 37.9 Å². The highest BCUT2D eigenvalue weighted by molar-refractivity contribution is 14.0. The fourth-order valence-corrected chi connectivity index (χ4v) is 3.43. The van der Waals surface area contributed by atoms with Crippen LogP contribution in [0.15, 0.2) is 11.2 Å². The summed E-state index contributed by atoms with van der Waals surface area (Å²) in [5, 5.41) is 11.1. The number of aryl methyl sites for hydroxylation is 2. The minimum Gasteiger partial charge on any atom is -0.355 e. The second-order valence-corrected chi connectivity index (χ2v) is 7.24. The number of hydrogen-bond donors (Lipinski definition) is 2. The van der Waals surface area contributed by atoms with E-state index in [4.69, 9.17) is 4.99 Å². The standard InChI is InChI=1S/C19H35N7O.HI/c1-6-17-15(14-25(5)23-17)11-20-19(22-13-18(27)24(3)4)21-12-16-9-8-10-26(16)7-2;/h14,16H,6-13H2,1-5H3,(H2,20,21,22);1H. The van der Waals surface area contributed by atoms with E-state index in [1.165, 1.54) is 12.8 Å². The second-order valence-electron chi connectivity index (χ2n) is 7.24. The Morgan fingerprint density at radius 3 is 2.75 bits per heavy atom. The first-order valence-electron chi connectivity index (χ1n) is 9.92. The number of carbonyl (C=O) groups excluding carboxylic acids is 1. The zero-order valence-corrected chi connectivity index (χ0v) is 20.2. The summed E-state index contributed by atoms with van der Waals surface area (Å²) in [5.41, 5.74) is 2.19. The summed E-state index contributed by atoms with van der Waals surface area (Å²) in [6, 6.07) is 0.524. The molecule has 1 aliphatic heterocycles. The van der Waals surface area contributed by atoms with Crippen LogP contribution in [0.2, 0.25) is 0 Å². The van der Waals surface area contributed by atoms with Crippen LogP contribution in [0.25, 0.3) is 0 Å². The minimum absolute atomic E-state index is 0. The van der Waals surface area contributed by atoms with Crippen LogP contribution in [0.5, 0.6) is 0 Å². The summed E-state index contributed by atoms with van der Waals surface area (Å²) in [6.45, 7) is 8.15. The molecule has 0 saturated carbocycles. The van der Waals surface area contributed by atoms with Gasteiger partial charge >= 0.3 is 0 Å². The molecule has 1 saturated heterocycles. The molecule has 0 aromatic carbocycles. The molecular weight excluding hydrogens is 469 g/mol. The van der Waals surface area contributed by atoms with Gasteiger partial charge in [-0.1, -0.05) is 13.8 Å². The Morgan fingerprint density at radius 2 is 2.11 bits per heavy atom. The molecule has 1 unspecified atom stereocenters. The summed E-state index contributed by atoms with van der Waals surface area (Å²) in [4.78, 5) is 20.7. The van der Waals surface area contributed by atoms with Crippen molar-refractivity contribution in [2.45, 2.75) is 45.7 Å². The molecule has 2 rings (SSSR count). The average Bonchev–Trinajstić information content (AvgIpc) is 3.25. The van der Waals surface area contributed by atoms with Gasteiger partial charge in [-0.3, -0.25) is 14.4 Å². The molecule has 2 N–H and O–H groups in total. The van der Waals surface area contributed by atoms with Crippen molar-refractivity contribution in [3.05, 3.63) is 17.5 Å². The Morgan fingerprint density at radius 1 is 1.36 bits per heavy atom. The highest BCUT2D eigenvalue weighted by Gasteiger charge is 2.23. The van der Waals surface area contributed by atoms with Crippen molar-refractivity contribution in [3.63, 3.8) is 0 Å². The van der Waals surface area contributed by atoms with Crippen molar-refractivity contribution in [1.82, 2.24) is 30.2 Å². The molecular formula is C19H36IN7O. The van der Waals surface area contributed by atoms with Crippen molar-refractivity contribution < 1.29 is 4.79 Å². The van der Waals surface area contributed by atoms with Crippen LogP contribution in [0.4, 0.5) is 0 Å². The Hall–Kier alpha value is -1.36. The van der Waals surface area contributed by atoms with Gasteiger partial charge < -0.3 is 15.5 Å². The number of aliphatic imine (C=N–C) groups is 1. The first-order chi connectivity index (χ1) is 12.9. The number of aromatic nitrogens is 2. The number of guanidine groups is 1. The summed E-state index contributed by atoms with van der Waals surface area (Å²) in [5.74, 6) is 0.704. The summed E-state index contributed by atoms with van der Waals surface area (Å²) in [6.07, 6.45) is 5.34. The largest absolute Gasteiger partial charge is 0.355 e. The Bertz CT molecular complexity index is 644. The van der Waals surface area contributed by atoms with Crippen LogP contribution in [0, 0.1) is 0 Å². The molecule has 2 heterocycles. The maximum absolute atomic E-state index is 11.9. The molecule has 9 heteroatoms. The smallest absolute Gasteiger partial charge is 0.241 e. The van der Waals surface area contributed by atoms with E-state index in [0.717, 1.165) is 37.3 Å². The molecule has 0 spiro atoms. The molecule has 8 nitrogen and oxygen atoms in total. The van der Waals surface area contributed by atoms with Gasteiger partial charge in [-0.2, -0.15) is 5.10 Å². The number of likely N-dealkylation sites (N-methyl/N-ethyl adjacent to an activating group) is 2. The maximum atomic E-state index is 11.9. The quantitative estimate of drug-likeness (QED) is 0.316. The van der Waals surface area contributed by atoms with Gasteiger partial charge in [-0.25, -0.2) is 4.99 Å². The van der Waals surface area contributed by atoms with Crippen molar-refractivity contribution in [3.8, 4) is 0 Å². The highest BCUT2D eigenvalue weighted by Crippen LogP contribution is 2.15. The van der Waals surface area contributed by atoms with Crippen molar-refractivity contribution in [1.29, 1.82) is 0 Å². The molecule has 28 heavy (non-hydrogen) atoms. The third-order valence-corrected chi connectivity index (χ3v) is 5.05. The molecule has 1 atom stereocenters. The van der Waals surface area contributed by atoms with Crippen LogP contribution >= 0.6 is 24.0 Å². The first kappa shape index (κ1) is 24.7. The third-order valence-electron chi connectivity index (χ3n) is 5.05. The van der Waals surface area contributed by atoms with Crippen molar-refractivity contribution in [2.24, 2.45) is 12.0 Å². The fourth-order valence-electron chi connectivity index (χ4n) is 3.43. The zero-order valence-electron chi connectivity index (χ0n) is 17.9. The number of halogens is 1. The first-order valence-corrected chi connectivity index (χ1v) is 9.92. The van der Waals surface area contributed by atoms with Gasteiger partial charge in [0.2, 0.25) is 5.91 Å². The molecule has 160 valence electrons. The predicted molar refractivity (Wildman–Crippen MR) is 124 cm³/mol. The number of rotatable bonds is 8. The minimum atomic E-state index is 0. The lowest BCUT2D eigenvalue weighted by molar-refractivity contribution is -0.127. The number of amides is 1. The lowest BCUT2D eigenvalue weighted by atomic mass is 10.2. The topological polar surface area (TPSA) is 77.8 Å². The van der Waals surface area contributed by atoms with Gasteiger partial charge in [0.15, 0.2) is 5.96 Å². The van der Waals surface area contributed by atoms with E-state index in [-0.39, 0.29) is 36.4 Å². The SMILES string of the molecule is CCc1nn(C)cc1CN=C(NCC(=O)N(C)C)NCC1CCCN1CC.I. The molecule has 1 fully saturated rings. The van der Waals surface area contributed by atoms with Gasteiger partial charge in [-0.15, -0.1) is 24.0 Å². The van der Waals surface area contributed by atoms with Crippen LogP contribution in [-0.4, -0.2) is 77.8 Å². The van der Waals surface area contributed by atoms with Crippen molar-refractivity contribution in [2.75, 3.05) is 40.3 Å². The van der Waals surface area contributed by atoms with Crippen LogP contribution in [0.3, 0.4) is 0 Å². The van der Waals surface area contributed by atoms with E-state index in [9.17, 15) is 4.79 Å². The van der Waals surface area contributed by atoms with Crippen LogP contribution < -0.4 is 10.6 Å². The molecule has 0 aliphatic carbocycles. The normalized spacial score (nSPS) is 17.3. The lowest BCUT2D eigenvalue weighted by Gasteiger charge is -2.24. The molecule has 1 amide bonds. The maximum Gasteiger partial charge on any atom is 0.241 e. The van der Waals surface area contributed by atoms with E-state index in [1.807, 2.05) is 17.9 Å².